The lowest BCUT2D eigenvalue weighted by Crippen LogP contribution is -2.01. The molecule has 2 heterocycles. The molecule has 0 aliphatic carbocycles. The molecule has 0 radical (unpaired) electrons. The van der Waals surface area contributed by atoms with E-state index in [-0.39, 0.29) is 0 Å². The second kappa shape index (κ2) is 4.49. The normalized spacial score (nSPS) is 10.7. The Balaban J connectivity index is 1.83. The number of nitrogens with one attached hydrogen (secondary N) is 1. The van der Waals surface area contributed by atoms with E-state index in [2.05, 4.69) is 15.5 Å². The number of pyridine rings is 1. The third-order valence-electron chi connectivity index (χ3n) is 2.79. The predicted molar refractivity (Wildman–Crippen MR) is 70.3 cm³/mol. The third kappa shape index (κ3) is 2.05. The van der Waals surface area contributed by atoms with Crippen LogP contribution in [0.5, 0.6) is 0 Å². The van der Waals surface area contributed by atoms with Gasteiger partial charge in [0.1, 0.15) is 0 Å². The van der Waals surface area contributed by atoms with Gasteiger partial charge >= 0.3 is 0 Å². The summed E-state index contributed by atoms with van der Waals surface area (Å²) >= 11 is 0. The summed E-state index contributed by atoms with van der Waals surface area (Å²) in [5.41, 5.74) is 2.94. The Morgan fingerprint density at radius 2 is 2.17 bits per heavy atom. The minimum atomic E-state index is 0.635. The Kier molecular flexibility index (Phi) is 2.68. The van der Waals surface area contributed by atoms with Crippen LogP contribution in [0.2, 0.25) is 0 Å². The van der Waals surface area contributed by atoms with Gasteiger partial charge in [0.25, 0.3) is 0 Å². The summed E-state index contributed by atoms with van der Waals surface area (Å²) in [7, 11) is 0. The number of hydrogen-bond acceptors (Lipinski definition) is 4. The molecule has 0 aliphatic rings. The summed E-state index contributed by atoms with van der Waals surface area (Å²) in [4.78, 5) is 4.25. The maximum absolute atomic E-state index is 5.29. The number of anilines is 1. The molecule has 4 heteroatoms. The van der Waals surface area contributed by atoms with Crippen molar-refractivity contribution in [3.63, 3.8) is 0 Å². The molecule has 0 unspecified atom stereocenters. The van der Waals surface area contributed by atoms with E-state index in [0.717, 1.165) is 28.0 Å². The molecule has 2 aromatic heterocycles. The van der Waals surface area contributed by atoms with Gasteiger partial charge in [-0.05, 0) is 36.8 Å². The Morgan fingerprint density at radius 3 is 3.00 bits per heavy atom. The summed E-state index contributed by atoms with van der Waals surface area (Å²) in [6.45, 7) is 2.67. The van der Waals surface area contributed by atoms with Gasteiger partial charge < -0.3 is 9.84 Å². The van der Waals surface area contributed by atoms with Crippen LogP contribution in [0, 0.1) is 6.92 Å². The predicted octanol–water partition coefficient (Wildman–Crippen LogP) is 3.14. The maximum Gasteiger partial charge on any atom is 0.177 e. The molecule has 0 fully saturated rings. The molecule has 0 aliphatic heterocycles. The Bertz CT molecular complexity index is 661. The van der Waals surface area contributed by atoms with E-state index in [1.807, 2.05) is 43.3 Å². The summed E-state index contributed by atoms with van der Waals surface area (Å²) in [6, 6.07) is 11.9. The Labute approximate surface area is 105 Å². The highest BCUT2D eigenvalue weighted by Gasteiger charge is 2.07. The van der Waals surface area contributed by atoms with Gasteiger partial charge in [0.15, 0.2) is 11.4 Å². The van der Waals surface area contributed by atoms with Crippen LogP contribution < -0.4 is 5.32 Å². The van der Waals surface area contributed by atoms with E-state index in [4.69, 9.17) is 4.52 Å². The fraction of sp³-hybridized carbons (Fsp3) is 0.143. The van der Waals surface area contributed by atoms with Crippen LogP contribution in [0.3, 0.4) is 0 Å². The zero-order chi connectivity index (χ0) is 12.4. The summed E-state index contributed by atoms with van der Waals surface area (Å²) in [5, 5.41) is 8.27. The zero-order valence-electron chi connectivity index (χ0n) is 10.1. The monoisotopic (exact) mass is 239 g/mol. The summed E-state index contributed by atoms with van der Waals surface area (Å²) in [5.74, 6) is 0.760. The van der Waals surface area contributed by atoms with Crippen LogP contribution in [-0.2, 0) is 6.54 Å². The highest BCUT2D eigenvalue weighted by Crippen LogP contribution is 2.23. The zero-order valence-corrected chi connectivity index (χ0v) is 10.1. The van der Waals surface area contributed by atoms with Gasteiger partial charge in [-0.2, -0.15) is 0 Å². The van der Waals surface area contributed by atoms with Crippen LogP contribution in [0.25, 0.3) is 11.0 Å². The largest absolute Gasteiger partial charge is 0.361 e. The van der Waals surface area contributed by atoms with Gasteiger partial charge in [0.2, 0.25) is 0 Å². The molecule has 1 aromatic carbocycles. The fourth-order valence-corrected chi connectivity index (χ4v) is 1.85. The standard InChI is InChI=1S/C14H13N3O/c1-10-5-6-12-13(8-10)18-17-14(12)16-9-11-4-2-3-7-15-11/h2-8H,9H2,1H3,(H,16,17). The highest BCUT2D eigenvalue weighted by atomic mass is 16.5. The molecule has 0 atom stereocenters. The van der Waals surface area contributed by atoms with Crippen LogP contribution in [-0.4, -0.2) is 10.1 Å². The smallest absolute Gasteiger partial charge is 0.177 e. The first kappa shape index (κ1) is 10.8. The van der Waals surface area contributed by atoms with E-state index < -0.39 is 0 Å². The van der Waals surface area contributed by atoms with Gasteiger partial charge in [-0.3, -0.25) is 4.98 Å². The number of aromatic nitrogens is 2. The van der Waals surface area contributed by atoms with E-state index >= 15 is 0 Å². The first-order valence-electron chi connectivity index (χ1n) is 5.83. The van der Waals surface area contributed by atoms with Crippen molar-refractivity contribution in [1.29, 1.82) is 0 Å². The van der Waals surface area contributed by atoms with Gasteiger partial charge in [0.05, 0.1) is 17.6 Å². The summed E-state index contributed by atoms with van der Waals surface area (Å²) < 4.78 is 5.29. The van der Waals surface area contributed by atoms with Crippen LogP contribution in [0.15, 0.2) is 47.1 Å². The molecule has 4 nitrogen and oxygen atoms in total. The van der Waals surface area contributed by atoms with E-state index in [9.17, 15) is 0 Å². The molecule has 0 amide bonds. The molecule has 3 rings (SSSR count). The quantitative estimate of drug-likeness (QED) is 0.762. The molecule has 1 N–H and O–H groups in total. The Hall–Kier alpha value is -2.36. The third-order valence-corrected chi connectivity index (χ3v) is 2.79. The second-order valence-electron chi connectivity index (χ2n) is 4.21. The van der Waals surface area contributed by atoms with Crippen LogP contribution >= 0.6 is 0 Å². The molecule has 0 saturated carbocycles. The fourth-order valence-electron chi connectivity index (χ4n) is 1.85. The molecular formula is C14H13N3O. The Morgan fingerprint density at radius 1 is 1.22 bits per heavy atom. The topological polar surface area (TPSA) is 51.0 Å². The van der Waals surface area contributed by atoms with Gasteiger partial charge in [-0.25, -0.2) is 0 Å². The van der Waals surface area contributed by atoms with Crippen molar-refractivity contribution in [1.82, 2.24) is 10.1 Å². The number of benzene rings is 1. The highest BCUT2D eigenvalue weighted by molar-refractivity contribution is 5.88. The van der Waals surface area contributed by atoms with E-state index in [1.54, 1.807) is 6.20 Å². The number of fused-ring (bicyclic) bond motifs is 1. The van der Waals surface area contributed by atoms with Crippen molar-refractivity contribution < 1.29 is 4.52 Å². The SMILES string of the molecule is Cc1ccc2c(NCc3ccccn3)noc2c1. The van der Waals surface area contributed by atoms with Gasteiger partial charge in [-0.15, -0.1) is 0 Å². The molecule has 0 bridgehead atoms. The summed E-state index contributed by atoms with van der Waals surface area (Å²) in [6.07, 6.45) is 1.78. The number of hydrogen-bond donors (Lipinski definition) is 1. The lowest BCUT2D eigenvalue weighted by molar-refractivity contribution is 0.459. The molecule has 3 aromatic rings. The van der Waals surface area contributed by atoms with Crippen molar-refractivity contribution in [2.24, 2.45) is 0 Å². The lowest BCUT2D eigenvalue weighted by atomic mass is 10.2. The first-order valence-corrected chi connectivity index (χ1v) is 5.83. The molecule has 18 heavy (non-hydrogen) atoms. The lowest BCUT2D eigenvalue weighted by Gasteiger charge is -2.01. The van der Waals surface area contributed by atoms with Crippen molar-refractivity contribution >= 4 is 16.8 Å². The number of nitrogens with zero attached hydrogens (tertiary/aromatic N) is 2. The minimum absolute atomic E-state index is 0.635. The van der Waals surface area contributed by atoms with Crippen molar-refractivity contribution in [3.05, 3.63) is 53.9 Å². The van der Waals surface area contributed by atoms with Gasteiger partial charge in [-0.1, -0.05) is 17.3 Å². The van der Waals surface area contributed by atoms with Crippen LogP contribution in [0.1, 0.15) is 11.3 Å². The minimum Gasteiger partial charge on any atom is -0.361 e. The first-order chi connectivity index (χ1) is 8.83. The average Bonchev–Trinajstić information content (AvgIpc) is 2.80. The second-order valence-corrected chi connectivity index (χ2v) is 4.21. The number of aryl methyl sites for hydroxylation is 1. The van der Waals surface area contributed by atoms with E-state index in [0.29, 0.717) is 6.54 Å². The maximum atomic E-state index is 5.29. The molecule has 0 saturated heterocycles. The molecular weight excluding hydrogens is 226 g/mol. The molecule has 90 valence electrons. The molecule has 0 spiro atoms. The van der Waals surface area contributed by atoms with E-state index in [1.165, 1.54) is 0 Å². The van der Waals surface area contributed by atoms with Crippen molar-refractivity contribution in [2.75, 3.05) is 5.32 Å². The van der Waals surface area contributed by atoms with Crippen LogP contribution in [0.4, 0.5) is 5.82 Å². The number of rotatable bonds is 3. The van der Waals surface area contributed by atoms with Crippen molar-refractivity contribution in [2.45, 2.75) is 13.5 Å². The van der Waals surface area contributed by atoms with Gasteiger partial charge in [0, 0.05) is 6.20 Å². The average molecular weight is 239 g/mol. The van der Waals surface area contributed by atoms with Crippen molar-refractivity contribution in [3.8, 4) is 0 Å².